The van der Waals surface area contributed by atoms with Crippen molar-refractivity contribution >= 4 is 16.8 Å². The zero-order chi connectivity index (χ0) is 15.5. The predicted molar refractivity (Wildman–Crippen MR) is 86.7 cm³/mol. The summed E-state index contributed by atoms with van der Waals surface area (Å²) in [7, 11) is 0. The molecule has 0 saturated heterocycles. The molecule has 3 rings (SSSR count). The van der Waals surface area contributed by atoms with Crippen LogP contribution in [0.4, 0.5) is 0 Å². The van der Waals surface area contributed by atoms with E-state index in [1.807, 2.05) is 55.1 Å². The summed E-state index contributed by atoms with van der Waals surface area (Å²) in [4.78, 5) is 15.3. The van der Waals surface area contributed by atoms with E-state index < -0.39 is 0 Å². The number of carbonyl (C=O) groups excluding carboxylic acids is 1. The van der Waals surface area contributed by atoms with Crippen molar-refractivity contribution < 1.29 is 4.79 Å². The zero-order valence-corrected chi connectivity index (χ0v) is 12.9. The van der Waals surface area contributed by atoms with Crippen LogP contribution in [0.3, 0.4) is 0 Å². The largest absolute Gasteiger partial charge is 0.361 e. The third kappa shape index (κ3) is 3.03. The summed E-state index contributed by atoms with van der Waals surface area (Å²) in [5.41, 5.74) is 4.21. The fourth-order valence-corrected chi connectivity index (χ4v) is 2.72. The normalized spacial score (nSPS) is 11.0. The van der Waals surface area contributed by atoms with Gasteiger partial charge in [-0.1, -0.05) is 18.2 Å². The van der Waals surface area contributed by atoms with E-state index in [9.17, 15) is 4.79 Å². The maximum absolute atomic E-state index is 12.1. The van der Waals surface area contributed by atoms with Gasteiger partial charge in [0.25, 0.3) is 0 Å². The van der Waals surface area contributed by atoms with E-state index in [0.717, 1.165) is 27.9 Å². The Bertz CT molecular complexity index is 800. The Labute approximate surface area is 129 Å². The van der Waals surface area contributed by atoms with Gasteiger partial charge in [0.2, 0.25) is 5.91 Å². The highest BCUT2D eigenvalue weighted by Gasteiger charge is 2.08. The first-order chi connectivity index (χ1) is 10.6. The summed E-state index contributed by atoms with van der Waals surface area (Å²) in [6, 6.07) is 10.1. The number of nitrogens with zero attached hydrogens (tertiary/aromatic N) is 2. The summed E-state index contributed by atoms with van der Waals surface area (Å²) in [6.07, 6.45) is 2.30. The molecule has 114 valence electrons. The molecule has 3 aromatic rings. The number of aromatic nitrogens is 3. The third-order valence-electron chi connectivity index (χ3n) is 3.78. The fraction of sp³-hybridized carbons (Fsp3) is 0.294. The molecule has 0 spiro atoms. The van der Waals surface area contributed by atoms with E-state index in [2.05, 4.69) is 15.4 Å². The predicted octanol–water partition coefficient (Wildman–Crippen LogP) is 2.34. The molecule has 0 saturated carbocycles. The van der Waals surface area contributed by atoms with Crippen molar-refractivity contribution in [1.29, 1.82) is 0 Å². The lowest BCUT2D eigenvalue weighted by Crippen LogP contribution is -2.29. The minimum Gasteiger partial charge on any atom is -0.361 e. The van der Waals surface area contributed by atoms with Gasteiger partial charge in [0.1, 0.15) is 0 Å². The number of aryl methyl sites for hydroxylation is 2. The fourth-order valence-electron chi connectivity index (χ4n) is 2.72. The van der Waals surface area contributed by atoms with Crippen molar-refractivity contribution in [1.82, 2.24) is 20.1 Å². The molecule has 22 heavy (non-hydrogen) atoms. The van der Waals surface area contributed by atoms with Crippen molar-refractivity contribution in [3.63, 3.8) is 0 Å². The topological polar surface area (TPSA) is 62.7 Å². The molecule has 0 unspecified atom stereocenters. The second-order valence-corrected chi connectivity index (χ2v) is 5.54. The van der Waals surface area contributed by atoms with E-state index in [-0.39, 0.29) is 5.91 Å². The first-order valence-electron chi connectivity index (χ1n) is 7.46. The van der Waals surface area contributed by atoms with Gasteiger partial charge in [-0.15, -0.1) is 0 Å². The second-order valence-electron chi connectivity index (χ2n) is 5.54. The molecule has 5 heteroatoms. The minimum atomic E-state index is 0.0336. The molecule has 0 aliphatic carbocycles. The molecule has 2 N–H and O–H groups in total. The molecule has 0 aliphatic heterocycles. The number of hydrogen-bond donors (Lipinski definition) is 2. The third-order valence-corrected chi connectivity index (χ3v) is 3.78. The van der Waals surface area contributed by atoms with Gasteiger partial charge in [-0.2, -0.15) is 5.10 Å². The number of benzene rings is 1. The summed E-state index contributed by atoms with van der Waals surface area (Å²) in [5.74, 6) is 0.0336. The van der Waals surface area contributed by atoms with E-state index in [4.69, 9.17) is 0 Å². The maximum Gasteiger partial charge on any atom is 0.224 e. The lowest BCUT2D eigenvalue weighted by atomic mass is 10.1. The molecule has 5 nitrogen and oxygen atoms in total. The van der Waals surface area contributed by atoms with Crippen LogP contribution >= 0.6 is 0 Å². The maximum atomic E-state index is 12.1. The average Bonchev–Trinajstić information content (AvgIpc) is 3.03. The molecule has 1 amide bonds. The molecule has 0 radical (unpaired) electrons. The van der Waals surface area contributed by atoms with Crippen LogP contribution < -0.4 is 5.32 Å². The quantitative estimate of drug-likeness (QED) is 0.759. The number of rotatable bonds is 5. The molecule has 1 aromatic carbocycles. The Kier molecular flexibility index (Phi) is 3.96. The van der Waals surface area contributed by atoms with Crippen LogP contribution in [-0.2, 0) is 17.8 Å². The van der Waals surface area contributed by atoms with Crippen molar-refractivity contribution in [2.75, 3.05) is 6.54 Å². The molecule has 2 heterocycles. The summed E-state index contributed by atoms with van der Waals surface area (Å²) >= 11 is 0. The summed E-state index contributed by atoms with van der Waals surface area (Å²) in [5, 5.41) is 8.45. The van der Waals surface area contributed by atoms with E-state index in [1.165, 1.54) is 0 Å². The average molecular weight is 296 g/mol. The van der Waals surface area contributed by atoms with E-state index in [1.54, 1.807) is 0 Å². The van der Waals surface area contributed by atoms with Crippen molar-refractivity contribution in [3.8, 4) is 0 Å². The van der Waals surface area contributed by atoms with Gasteiger partial charge in [-0.25, -0.2) is 0 Å². The van der Waals surface area contributed by atoms with Crippen molar-refractivity contribution in [2.45, 2.75) is 26.8 Å². The van der Waals surface area contributed by atoms with Crippen LogP contribution in [0.1, 0.15) is 17.0 Å². The molecule has 0 bridgehead atoms. The minimum absolute atomic E-state index is 0.0336. The SMILES string of the molecule is Cc1cc(C)n(CCNC(=O)Cc2c[nH]c3ccccc23)n1. The monoisotopic (exact) mass is 296 g/mol. The van der Waals surface area contributed by atoms with Crippen molar-refractivity contribution in [3.05, 3.63) is 53.5 Å². The zero-order valence-electron chi connectivity index (χ0n) is 12.9. The van der Waals surface area contributed by atoms with Crippen LogP contribution in [0.2, 0.25) is 0 Å². The molecular weight excluding hydrogens is 276 g/mol. The number of H-pyrrole nitrogens is 1. The van der Waals surface area contributed by atoms with Gasteiger partial charge >= 0.3 is 0 Å². The molecular formula is C17H20N4O. The van der Waals surface area contributed by atoms with Gasteiger partial charge in [0, 0.05) is 29.3 Å². The number of hydrogen-bond acceptors (Lipinski definition) is 2. The second kappa shape index (κ2) is 6.05. The van der Waals surface area contributed by atoms with E-state index in [0.29, 0.717) is 19.5 Å². The highest BCUT2D eigenvalue weighted by atomic mass is 16.1. The standard InChI is InChI=1S/C17H20N4O/c1-12-9-13(2)21(20-12)8-7-18-17(22)10-14-11-19-16-6-4-3-5-15(14)16/h3-6,9,11,19H,7-8,10H2,1-2H3,(H,18,22). The van der Waals surface area contributed by atoms with Crippen LogP contribution in [0.5, 0.6) is 0 Å². The van der Waals surface area contributed by atoms with Gasteiger partial charge < -0.3 is 10.3 Å². The molecule has 0 atom stereocenters. The number of para-hydroxylation sites is 1. The van der Waals surface area contributed by atoms with Gasteiger partial charge in [-0.05, 0) is 31.5 Å². The van der Waals surface area contributed by atoms with Gasteiger partial charge in [-0.3, -0.25) is 9.48 Å². The smallest absolute Gasteiger partial charge is 0.224 e. The lowest BCUT2D eigenvalue weighted by Gasteiger charge is -2.06. The Morgan fingerprint density at radius 2 is 2.14 bits per heavy atom. The summed E-state index contributed by atoms with van der Waals surface area (Å²) < 4.78 is 1.92. The Morgan fingerprint density at radius 3 is 2.91 bits per heavy atom. The molecule has 2 aromatic heterocycles. The van der Waals surface area contributed by atoms with E-state index >= 15 is 0 Å². The number of amides is 1. The lowest BCUT2D eigenvalue weighted by molar-refractivity contribution is -0.120. The van der Waals surface area contributed by atoms with Gasteiger partial charge in [0.15, 0.2) is 0 Å². The number of nitrogens with one attached hydrogen (secondary N) is 2. The van der Waals surface area contributed by atoms with Crippen LogP contribution in [0, 0.1) is 13.8 Å². The highest BCUT2D eigenvalue weighted by Crippen LogP contribution is 2.17. The first kappa shape index (κ1) is 14.4. The number of carbonyl (C=O) groups is 1. The Balaban J connectivity index is 1.55. The van der Waals surface area contributed by atoms with Crippen molar-refractivity contribution in [2.24, 2.45) is 0 Å². The first-order valence-corrected chi connectivity index (χ1v) is 7.46. The Morgan fingerprint density at radius 1 is 1.32 bits per heavy atom. The Hall–Kier alpha value is -2.56. The molecule has 0 aliphatic rings. The number of fused-ring (bicyclic) bond motifs is 1. The summed E-state index contributed by atoms with van der Waals surface area (Å²) in [6.45, 7) is 5.27. The van der Waals surface area contributed by atoms with Gasteiger partial charge in [0.05, 0.1) is 18.7 Å². The highest BCUT2D eigenvalue weighted by molar-refractivity contribution is 5.88. The van der Waals surface area contributed by atoms with Crippen LogP contribution in [0.25, 0.3) is 10.9 Å². The number of aromatic amines is 1. The molecule has 0 fully saturated rings. The van der Waals surface area contributed by atoms with Crippen LogP contribution in [-0.4, -0.2) is 27.2 Å². The van der Waals surface area contributed by atoms with Crippen LogP contribution in [0.15, 0.2) is 36.5 Å².